The highest BCUT2D eigenvalue weighted by Crippen LogP contribution is 2.29. The molecule has 0 saturated heterocycles. The molecule has 3 aromatic rings. The molecule has 1 unspecified atom stereocenters. The Labute approximate surface area is 181 Å². The summed E-state index contributed by atoms with van der Waals surface area (Å²) in [6.45, 7) is 5.07. The Bertz CT molecular complexity index is 1170. The number of ketones is 1. The summed E-state index contributed by atoms with van der Waals surface area (Å²) >= 11 is 0. The van der Waals surface area contributed by atoms with Crippen molar-refractivity contribution in [2.45, 2.75) is 39.2 Å². The standard InChI is InChI=1S/C22H26N4O4S/c1-4-19(27)16-11-17(13-18(12-16)26-31(28,29)5-2)20-24-25-21(30-20)22(3,23)14-15-9-7-6-8-10-15/h6-13,26H,4-5,14,23H2,1-3H3. The summed E-state index contributed by atoms with van der Waals surface area (Å²) in [4.78, 5) is 12.3. The van der Waals surface area contributed by atoms with E-state index in [1.807, 2.05) is 30.3 Å². The first-order valence-electron chi connectivity index (χ1n) is 9.99. The number of carbonyl (C=O) groups is 1. The summed E-state index contributed by atoms with van der Waals surface area (Å²) in [5.41, 5.74) is 7.62. The molecule has 0 aliphatic carbocycles. The number of benzene rings is 2. The molecule has 0 spiro atoms. The van der Waals surface area contributed by atoms with Crippen LogP contribution < -0.4 is 10.5 Å². The van der Waals surface area contributed by atoms with E-state index in [2.05, 4.69) is 14.9 Å². The molecule has 0 saturated carbocycles. The molecule has 1 atom stereocenters. The number of sulfonamides is 1. The van der Waals surface area contributed by atoms with E-state index in [0.29, 0.717) is 17.5 Å². The van der Waals surface area contributed by atoms with Crippen molar-refractivity contribution in [2.24, 2.45) is 5.73 Å². The molecular weight excluding hydrogens is 416 g/mol. The van der Waals surface area contributed by atoms with Gasteiger partial charge in [-0.3, -0.25) is 9.52 Å². The van der Waals surface area contributed by atoms with Gasteiger partial charge in [0.05, 0.1) is 11.3 Å². The van der Waals surface area contributed by atoms with Gasteiger partial charge in [-0.15, -0.1) is 10.2 Å². The van der Waals surface area contributed by atoms with Crippen LogP contribution in [0.3, 0.4) is 0 Å². The number of nitrogens with two attached hydrogens (primary N) is 1. The normalized spacial score (nSPS) is 13.5. The van der Waals surface area contributed by atoms with E-state index in [1.54, 1.807) is 26.0 Å². The molecule has 2 aromatic carbocycles. The Hall–Kier alpha value is -3.04. The molecule has 8 nitrogen and oxygen atoms in total. The number of nitrogens with one attached hydrogen (secondary N) is 1. The van der Waals surface area contributed by atoms with Crippen LogP contribution in [0.5, 0.6) is 0 Å². The molecule has 1 heterocycles. The Kier molecular flexibility index (Phi) is 6.56. The van der Waals surface area contributed by atoms with Crippen LogP contribution in [0.1, 0.15) is 49.0 Å². The van der Waals surface area contributed by atoms with Crippen molar-refractivity contribution in [3.8, 4) is 11.5 Å². The van der Waals surface area contributed by atoms with Crippen molar-refractivity contribution in [1.29, 1.82) is 0 Å². The first-order chi connectivity index (χ1) is 14.6. The Morgan fingerprint density at radius 3 is 2.48 bits per heavy atom. The molecule has 164 valence electrons. The second-order valence-corrected chi connectivity index (χ2v) is 9.58. The maximum atomic E-state index is 12.3. The van der Waals surface area contributed by atoms with E-state index >= 15 is 0 Å². The lowest BCUT2D eigenvalue weighted by molar-refractivity contribution is 0.0988. The van der Waals surface area contributed by atoms with Crippen LogP contribution in [0.4, 0.5) is 5.69 Å². The van der Waals surface area contributed by atoms with Crippen LogP contribution >= 0.6 is 0 Å². The molecule has 3 N–H and O–H groups in total. The van der Waals surface area contributed by atoms with Crippen LogP contribution in [0.2, 0.25) is 0 Å². The number of hydrogen-bond acceptors (Lipinski definition) is 7. The topological polar surface area (TPSA) is 128 Å². The lowest BCUT2D eigenvalue weighted by Crippen LogP contribution is -2.35. The second kappa shape index (κ2) is 8.99. The molecule has 0 aliphatic heterocycles. The predicted molar refractivity (Wildman–Crippen MR) is 119 cm³/mol. The van der Waals surface area contributed by atoms with E-state index < -0.39 is 15.6 Å². The van der Waals surface area contributed by atoms with Gasteiger partial charge in [-0.05, 0) is 44.0 Å². The van der Waals surface area contributed by atoms with Crippen molar-refractivity contribution in [2.75, 3.05) is 10.5 Å². The van der Waals surface area contributed by atoms with Crippen LogP contribution in [-0.2, 0) is 22.0 Å². The van der Waals surface area contributed by atoms with Gasteiger partial charge >= 0.3 is 0 Å². The summed E-state index contributed by atoms with van der Waals surface area (Å²) in [5, 5.41) is 8.20. The van der Waals surface area contributed by atoms with Crippen LogP contribution in [0.15, 0.2) is 52.9 Å². The van der Waals surface area contributed by atoms with E-state index in [4.69, 9.17) is 10.2 Å². The molecule has 0 radical (unpaired) electrons. The van der Waals surface area contributed by atoms with E-state index in [9.17, 15) is 13.2 Å². The third kappa shape index (κ3) is 5.56. The Morgan fingerprint density at radius 2 is 1.84 bits per heavy atom. The predicted octanol–water partition coefficient (Wildman–Crippen LogP) is 3.51. The fraction of sp³-hybridized carbons (Fsp3) is 0.318. The maximum Gasteiger partial charge on any atom is 0.247 e. The quantitative estimate of drug-likeness (QED) is 0.485. The zero-order chi connectivity index (χ0) is 22.6. The number of carbonyl (C=O) groups excluding carboxylic acids is 1. The van der Waals surface area contributed by atoms with Gasteiger partial charge in [0.15, 0.2) is 5.78 Å². The Balaban J connectivity index is 1.97. The van der Waals surface area contributed by atoms with Crippen molar-refractivity contribution in [3.63, 3.8) is 0 Å². The highest BCUT2D eigenvalue weighted by atomic mass is 32.2. The number of hydrogen-bond donors (Lipinski definition) is 2. The van der Waals surface area contributed by atoms with Gasteiger partial charge in [-0.1, -0.05) is 37.3 Å². The van der Waals surface area contributed by atoms with Crippen molar-refractivity contribution < 1.29 is 17.6 Å². The van der Waals surface area contributed by atoms with Gasteiger partial charge in [0, 0.05) is 23.2 Å². The first-order valence-corrected chi connectivity index (χ1v) is 11.6. The number of anilines is 1. The van der Waals surface area contributed by atoms with Crippen LogP contribution in [0, 0.1) is 0 Å². The number of aromatic nitrogens is 2. The Morgan fingerprint density at radius 1 is 1.13 bits per heavy atom. The van der Waals surface area contributed by atoms with Gasteiger partial charge in [0.2, 0.25) is 21.8 Å². The third-order valence-electron chi connectivity index (χ3n) is 4.80. The minimum absolute atomic E-state index is 0.0932. The third-order valence-corrected chi connectivity index (χ3v) is 6.11. The molecule has 9 heteroatoms. The highest BCUT2D eigenvalue weighted by molar-refractivity contribution is 7.92. The monoisotopic (exact) mass is 442 g/mol. The van der Waals surface area contributed by atoms with Gasteiger partial charge < -0.3 is 10.2 Å². The molecule has 0 bridgehead atoms. The van der Waals surface area contributed by atoms with E-state index in [-0.39, 0.29) is 35.4 Å². The fourth-order valence-electron chi connectivity index (χ4n) is 3.09. The van der Waals surface area contributed by atoms with Crippen molar-refractivity contribution >= 4 is 21.5 Å². The molecule has 1 aromatic heterocycles. The summed E-state index contributed by atoms with van der Waals surface area (Å²) in [5.74, 6) is 0.173. The SMILES string of the molecule is CCC(=O)c1cc(NS(=O)(=O)CC)cc(-c2nnc(C(C)(N)Cc3ccccc3)o2)c1. The molecule has 0 fully saturated rings. The zero-order valence-electron chi connectivity index (χ0n) is 17.8. The minimum atomic E-state index is -3.52. The first kappa shape index (κ1) is 22.6. The summed E-state index contributed by atoms with van der Waals surface area (Å²) in [6.07, 6.45) is 0.766. The molecule has 3 rings (SSSR count). The summed E-state index contributed by atoms with van der Waals surface area (Å²) in [7, 11) is -3.52. The molecular formula is C22H26N4O4S. The average Bonchev–Trinajstić information content (AvgIpc) is 3.24. The number of rotatable bonds is 9. The lowest BCUT2D eigenvalue weighted by atomic mass is 9.94. The second-order valence-electron chi connectivity index (χ2n) is 7.57. The van der Waals surface area contributed by atoms with Gasteiger partial charge in [-0.25, -0.2) is 8.42 Å². The largest absolute Gasteiger partial charge is 0.419 e. The summed E-state index contributed by atoms with van der Waals surface area (Å²) in [6, 6.07) is 14.4. The average molecular weight is 443 g/mol. The zero-order valence-corrected chi connectivity index (χ0v) is 18.6. The van der Waals surface area contributed by atoms with Crippen LogP contribution in [-0.4, -0.2) is 30.2 Å². The fourth-order valence-corrected chi connectivity index (χ4v) is 3.71. The molecule has 0 amide bonds. The maximum absolute atomic E-state index is 12.3. The highest BCUT2D eigenvalue weighted by Gasteiger charge is 2.29. The smallest absolute Gasteiger partial charge is 0.247 e. The van der Waals surface area contributed by atoms with Gasteiger partial charge in [0.25, 0.3) is 0 Å². The van der Waals surface area contributed by atoms with Crippen molar-refractivity contribution in [3.05, 3.63) is 65.5 Å². The minimum Gasteiger partial charge on any atom is -0.419 e. The van der Waals surface area contributed by atoms with E-state index in [1.165, 1.54) is 13.0 Å². The van der Waals surface area contributed by atoms with E-state index in [0.717, 1.165) is 5.56 Å². The van der Waals surface area contributed by atoms with Gasteiger partial charge in [-0.2, -0.15) is 0 Å². The lowest BCUT2D eigenvalue weighted by Gasteiger charge is -2.20. The summed E-state index contributed by atoms with van der Waals surface area (Å²) < 4.78 is 32.3. The molecule has 31 heavy (non-hydrogen) atoms. The number of Topliss-reactive ketones (excluding diaryl/α,β-unsaturated/α-hetero) is 1. The van der Waals surface area contributed by atoms with Crippen LogP contribution in [0.25, 0.3) is 11.5 Å². The molecule has 0 aliphatic rings. The van der Waals surface area contributed by atoms with Crippen molar-refractivity contribution in [1.82, 2.24) is 10.2 Å². The number of nitrogens with zero attached hydrogens (tertiary/aromatic N) is 2. The van der Waals surface area contributed by atoms with Gasteiger partial charge in [0.1, 0.15) is 0 Å².